The number of hydrogen-bond acceptors (Lipinski definition) is 5. The van der Waals surface area contributed by atoms with Crippen molar-refractivity contribution in [2.75, 3.05) is 32.8 Å². The molecule has 0 aliphatic carbocycles. The minimum Gasteiger partial charge on any atom is -0.450 e. The number of carbonyl (C=O) groups excluding carboxylic acids is 2. The van der Waals surface area contributed by atoms with Crippen LogP contribution < -0.4 is 0 Å². The molecule has 0 aromatic rings. The van der Waals surface area contributed by atoms with Gasteiger partial charge in [0.1, 0.15) is 6.10 Å². The highest BCUT2D eigenvalue weighted by molar-refractivity contribution is 5.69. The lowest BCUT2D eigenvalue weighted by atomic mass is 9.93. The molecule has 0 aromatic heterocycles. The summed E-state index contributed by atoms with van der Waals surface area (Å²) in [5.74, 6) is 0. The van der Waals surface area contributed by atoms with Crippen LogP contribution in [0.3, 0.4) is 0 Å². The monoisotopic (exact) mass is 379 g/mol. The third-order valence-electron chi connectivity index (χ3n) is 6.71. The fraction of sp³-hybridized carbons (Fsp3) is 0.900. The molecule has 4 heterocycles. The van der Waals surface area contributed by atoms with E-state index in [4.69, 9.17) is 9.47 Å². The molecule has 2 amide bonds. The van der Waals surface area contributed by atoms with Crippen molar-refractivity contribution >= 4 is 12.2 Å². The third kappa shape index (κ3) is 4.03. The van der Waals surface area contributed by atoms with Gasteiger partial charge in [0.15, 0.2) is 0 Å². The van der Waals surface area contributed by atoms with Crippen LogP contribution >= 0.6 is 0 Å². The number of amides is 2. The number of hydrogen-bond donors (Lipinski definition) is 0. The van der Waals surface area contributed by atoms with E-state index in [1.54, 1.807) is 0 Å². The average molecular weight is 380 g/mol. The molecule has 2 unspecified atom stereocenters. The molecule has 0 spiro atoms. The van der Waals surface area contributed by atoms with E-state index < -0.39 is 0 Å². The quantitative estimate of drug-likeness (QED) is 0.755. The first kappa shape index (κ1) is 18.8. The molecule has 4 rings (SSSR count). The predicted octanol–water partition coefficient (Wildman–Crippen LogP) is 2.84. The van der Waals surface area contributed by atoms with Crippen LogP contribution in [0.5, 0.6) is 0 Å². The van der Waals surface area contributed by atoms with Gasteiger partial charge >= 0.3 is 12.2 Å². The molecule has 7 heteroatoms. The maximum absolute atomic E-state index is 12.4. The molecule has 0 radical (unpaired) electrons. The first-order chi connectivity index (χ1) is 13.2. The van der Waals surface area contributed by atoms with Crippen molar-refractivity contribution in [3.63, 3.8) is 0 Å². The zero-order valence-electron chi connectivity index (χ0n) is 16.5. The molecule has 7 nitrogen and oxygen atoms in total. The standard InChI is InChI=1S/C20H33N3O4/c1-2-26-20(25)23-15-7-8-16(23)12-17(11-15)22-13-18(14-22)27-19(24)21-9-5-3-4-6-10-21/h15-18H,2-14H2,1H3. The van der Waals surface area contributed by atoms with Gasteiger partial charge < -0.3 is 19.3 Å². The molecule has 4 aliphatic rings. The number of piperidine rings is 1. The Hall–Kier alpha value is -1.50. The minimum atomic E-state index is -0.142. The summed E-state index contributed by atoms with van der Waals surface area (Å²) in [6, 6.07) is 1.12. The van der Waals surface area contributed by atoms with Crippen LogP contribution in [0.4, 0.5) is 9.59 Å². The molecule has 152 valence electrons. The smallest absolute Gasteiger partial charge is 0.410 e. The van der Waals surface area contributed by atoms with Gasteiger partial charge in [0.25, 0.3) is 0 Å². The highest BCUT2D eigenvalue weighted by atomic mass is 16.6. The van der Waals surface area contributed by atoms with Crippen LogP contribution in [-0.4, -0.2) is 83.9 Å². The Morgan fingerprint density at radius 2 is 1.52 bits per heavy atom. The van der Waals surface area contributed by atoms with Crippen molar-refractivity contribution in [1.29, 1.82) is 0 Å². The second-order valence-corrected chi connectivity index (χ2v) is 8.48. The molecule has 4 aliphatic heterocycles. The number of carbonyl (C=O) groups is 2. The van der Waals surface area contributed by atoms with Crippen LogP contribution in [0.25, 0.3) is 0 Å². The number of ether oxygens (including phenoxy) is 2. The molecule has 4 saturated heterocycles. The van der Waals surface area contributed by atoms with Gasteiger partial charge in [0, 0.05) is 44.3 Å². The fourth-order valence-corrected chi connectivity index (χ4v) is 5.26. The predicted molar refractivity (Wildman–Crippen MR) is 101 cm³/mol. The van der Waals surface area contributed by atoms with E-state index in [1.165, 1.54) is 12.8 Å². The van der Waals surface area contributed by atoms with Gasteiger partial charge in [0.05, 0.1) is 6.61 Å². The van der Waals surface area contributed by atoms with Crippen LogP contribution in [0.15, 0.2) is 0 Å². The van der Waals surface area contributed by atoms with E-state index in [1.807, 2.05) is 16.7 Å². The lowest BCUT2D eigenvalue weighted by Gasteiger charge is -2.48. The van der Waals surface area contributed by atoms with Crippen molar-refractivity contribution in [3.05, 3.63) is 0 Å². The van der Waals surface area contributed by atoms with Crippen molar-refractivity contribution < 1.29 is 19.1 Å². The normalized spacial score (nSPS) is 32.0. The number of likely N-dealkylation sites (tertiary alicyclic amines) is 2. The van der Waals surface area contributed by atoms with E-state index in [-0.39, 0.29) is 18.3 Å². The van der Waals surface area contributed by atoms with Crippen molar-refractivity contribution in [2.24, 2.45) is 0 Å². The highest BCUT2D eigenvalue weighted by Crippen LogP contribution is 2.39. The summed E-state index contributed by atoms with van der Waals surface area (Å²) in [6.45, 7) is 5.65. The lowest BCUT2D eigenvalue weighted by molar-refractivity contribution is -0.0628. The molecule has 0 aromatic carbocycles. The Labute approximate surface area is 161 Å². The fourth-order valence-electron chi connectivity index (χ4n) is 5.26. The van der Waals surface area contributed by atoms with Gasteiger partial charge in [-0.25, -0.2) is 9.59 Å². The number of rotatable bonds is 3. The maximum atomic E-state index is 12.4. The van der Waals surface area contributed by atoms with Crippen LogP contribution in [0, 0.1) is 0 Å². The first-order valence-electron chi connectivity index (χ1n) is 10.8. The summed E-state index contributed by atoms with van der Waals surface area (Å²) in [6.07, 6.45) is 8.58. The van der Waals surface area contributed by atoms with Gasteiger partial charge in [0.2, 0.25) is 0 Å². The molecule has 27 heavy (non-hydrogen) atoms. The second kappa shape index (κ2) is 8.25. The largest absolute Gasteiger partial charge is 0.450 e. The summed E-state index contributed by atoms with van der Waals surface area (Å²) >= 11 is 0. The Balaban J connectivity index is 1.22. The van der Waals surface area contributed by atoms with E-state index in [9.17, 15) is 9.59 Å². The number of fused-ring (bicyclic) bond motifs is 2. The van der Waals surface area contributed by atoms with Crippen molar-refractivity contribution in [2.45, 2.75) is 82.5 Å². The first-order valence-corrected chi connectivity index (χ1v) is 10.8. The highest BCUT2D eigenvalue weighted by Gasteiger charge is 2.47. The second-order valence-electron chi connectivity index (χ2n) is 8.48. The SMILES string of the molecule is CCOC(=O)N1C2CCC1CC(N1CC(OC(=O)N3CCCCCC3)C1)C2. The Morgan fingerprint density at radius 1 is 0.889 bits per heavy atom. The van der Waals surface area contributed by atoms with Gasteiger partial charge in [-0.2, -0.15) is 0 Å². The van der Waals surface area contributed by atoms with Crippen molar-refractivity contribution in [3.8, 4) is 0 Å². The average Bonchev–Trinajstić information content (AvgIpc) is 2.83. The van der Waals surface area contributed by atoms with Crippen molar-refractivity contribution in [1.82, 2.24) is 14.7 Å². The maximum Gasteiger partial charge on any atom is 0.410 e. The zero-order valence-corrected chi connectivity index (χ0v) is 16.5. The summed E-state index contributed by atoms with van der Waals surface area (Å²) in [5, 5.41) is 0. The van der Waals surface area contributed by atoms with Crippen LogP contribution in [-0.2, 0) is 9.47 Å². The summed E-state index contributed by atoms with van der Waals surface area (Å²) in [5.41, 5.74) is 0. The molecule has 4 fully saturated rings. The Kier molecular flexibility index (Phi) is 5.76. The third-order valence-corrected chi connectivity index (χ3v) is 6.71. The number of nitrogens with zero attached hydrogens (tertiary/aromatic N) is 3. The van der Waals surface area contributed by atoms with Gasteiger partial charge in [-0.3, -0.25) is 4.90 Å². The molecule has 2 atom stereocenters. The molecular formula is C20H33N3O4. The van der Waals surface area contributed by atoms with Gasteiger partial charge in [-0.1, -0.05) is 12.8 Å². The molecule has 0 saturated carbocycles. The molecule has 0 N–H and O–H groups in total. The van der Waals surface area contributed by atoms with Crippen LogP contribution in [0.2, 0.25) is 0 Å². The Bertz CT molecular complexity index is 529. The lowest BCUT2D eigenvalue weighted by Crippen LogP contribution is -2.61. The van der Waals surface area contributed by atoms with E-state index in [0.717, 1.165) is 64.7 Å². The van der Waals surface area contributed by atoms with Crippen LogP contribution in [0.1, 0.15) is 58.3 Å². The van der Waals surface area contributed by atoms with Gasteiger partial charge in [-0.15, -0.1) is 0 Å². The Morgan fingerprint density at radius 3 is 2.11 bits per heavy atom. The zero-order chi connectivity index (χ0) is 18.8. The topological polar surface area (TPSA) is 62.3 Å². The minimum absolute atomic E-state index is 0.0292. The van der Waals surface area contributed by atoms with E-state index >= 15 is 0 Å². The van der Waals surface area contributed by atoms with E-state index in [2.05, 4.69) is 4.90 Å². The summed E-state index contributed by atoms with van der Waals surface area (Å²) < 4.78 is 11.0. The molecular weight excluding hydrogens is 346 g/mol. The van der Waals surface area contributed by atoms with E-state index in [0.29, 0.717) is 24.7 Å². The summed E-state index contributed by atoms with van der Waals surface area (Å²) in [7, 11) is 0. The van der Waals surface area contributed by atoms with Gasteiger partial charge in [-0.05, 0) is 45.4 Å². The summed E-state index contributed by atoms with van der Waals surface area (Å²) in [4.78, 5) is 30.9. The molecule has 2 bridgehead atoms.